The zero-order chi connectivity index (χ0) is 22.0. The van der Waals surface area contributed by atoms with Gasteiger partial charge in [0.15, 0.2) is 16.9 Å². The minimum absolute atomic E-state index is 0.0227. The molecule has 0 bridgehead atoms. The molecule has 0 aliphatic carbocycles. The molecule has 0 fully saturated rings. The van der Waals surface area contributed by atoms with Gasteiger partial charge >= 0.3 is 5.97 Å². The number of anilines is 1. The number of ether oxygens (including phenoxy) is 1. The Morgan fingerprint density at radius 2 is 1.84 bits per heavy atom. The van der Waals surface area contributed by atoms with E-state index in [4.69, 9.17) is 27.9 Å². The molecule has 10 heteroatoms. The largest absolute Gasteiger partial charge is 0.448 e. The Balaban J connectivity index is 1.40. The van der Waals surface area contributed by atoms with Crippen molar-refractivity contribution in [2.45, 2.75) is 13.0 Å². The van der Waals surface area contributed by atoms with E-state index < -0.39 is 18.0 Å². The van der Waals surface area contributed by atoms with Gasteiger partial charge in [-0.05, 0) is 31.2 Å². The van der Waals surface area contributed by atoms with Crippen molar-refractivity contribution in [2.24, 2.45) is 0 Å². The van der Waals surface area contributed by atoms with Crippen molar-refractivity contribution < 1.29 is 14.3 Å². The maximum Gasteiger partial charge on any atom is 0.359 e. The molecular formula is C21H14Cl2N4O3S. The summed E-state index contributed by atoms with van der Waals surface area (Å²) in [4.78, 5) is 37.6. The normalized spacial score (nSPS) is 11.8. The Morgan fingerprint density at radius 3 is 2.61 bits per heavy atom. The predicted molar refractivity (Wildman–Crippen MR) is 121 cm³/mol. The fourth-order valence-electron chi connectivity index (χ4n) is 2.66. The molecule has 1 atom stereocenters. The van der Waals surface area contributed by atoms with Crippen molar-refractivity contribution in [3.8, 4) is 11.3 Å². The number of halogens is 2. The Kier molecular flexibility index (Phi) is 6.13. The maximum atomic E-state index is 12.4. The lowest BCUT2D eigenvalue weighted by molar-refractivity contribution is -0.123. The average Bonchev–Trinajstić information content (AvgIpc) is 3.23. The first kappa shape index (κ1) is 21.2. The monoisotopic (exact) mass is 472 g/mol. The van der Waals surface area contributed by atoms with Crippen LogP contribution in [0.5, 0.6) is 0 Å². The molecule has 2 heterocycles. The van der Waals surface area contributed by atoms with Gasteiger partial charge in [0.1, 0.15) is 0 Å². The van der Waals surface area contributed by atoms with Gasteiger partial charge in [0, 0.05) is 10.9 Å². The molecule has 4 rings (SSSR count). The second-order valence-corrected chi connectivity index (χ2v) is 8.12. The number of hydrogen-bond donors (Lipinski definition) is 1. The van der Waals surface area contributed by atoms with Crippen molar-refractivity contribution in [3.05, 3.63) is 69.8 Å². The Hall–Kier alpha value is -3.07. The number of para-hydroxylation sites is 2. The number of amides is 1. The third-order valence-electron chi connectivity index (χ3n) is 4.26. The standard InChI is InChI=1S/C21H14Cl2N4O3S/c1-11(30-20(29)17-9-24-15-4-2-3-5-16(15)25-17)19(28)27-21-26-18(10-31-21)12-6-7-13(22)14(23)8-12/h2-11H,1H3,(H,26,27,28). The van der Waals surface area contributed by atoms with Gasteiger partial charge in [-0.25, -0.2) is 14.8 Å². The Bertz CT molecular complexity index is 1290. The third kappa shape index (κ3) is 4.82. The van der Waals surface area contributed by atoms with E-state index in [1.165, 1.54) is 24.5 Å². The van der Waals surface area contributed by atoms with E-state index >= 15 is 0 Å². The number of nitrogens with one attached hydrogen (secondary N) is 1. The number of benzene rings is 2. The van der Waals surface area contributed by atoms with E-state index in [1.54, 1.807) is 41.8 Å². The molecular weight excluding hydrogens is 459 g/mol. The predicted octanol–water partition coefficient (Wildman–Crippen LogP) is 5.24. The summed E-state index contributed by atoms with van der Waals surface area (Å²) in [6, 6.07) is 12.3. The zero-order valence-corrected chi connectivity index (χ0v) is 18.3. The third-order valence-corrected chi connectivity index (χ3v) is 5.76. The Morgan fingerprint density at radius 1 is 1.06 bits per heavy atom. The summed E-state index contributed by atoms with van der Waals surface area (Å²) in [5, 5.41) is 5.63. The molecule has 0 aliphatic rings. The quantitative estimate of drug-likeness (QED) is 0.398. The SMILES string of the molecule is CC(OC(=O)c1cnc2ccccc2n1)C(=O)Nc1nc(-c2ccc(Cl)c(Cl)c2)cs1. The Labute approximate surface area is 191 Å². The van der Waals surface area contributed by atoms with Gasteiger partial charge in [-0.2, -0.15) is 0 Å². The highest BCUT2D eigenvalue weighted by Gasteiger charge is 2.21. The molecule has 2 aromatic carbocycles. The molecule has 156 valence electrons. The van der Waals surface area contributed by atoms with Gasteiger partial charge < -0.3 is 4.74 Å². The van der Waals surface area contributed by atoms with Crippen LogP contribution in [0.25, 0.3) is 22.3 Å². The molecule has 2 aromatic heterocycles. The molecule has 7 nitrogen and oxygen atoms in total. The zero-order valence-electron chi connectivity index (χ0n) is 16.0. The number of aromatic nitrogens is 3. The minimum Gasteiger partial charge on any atom is -0.448 e. The summed E-state index contributed by atoms with van der Waals surface area (Å²) in [5.74, 6) is -1.26. The van der Waals surface area contributed by atoms with Gasteiger partial charge in [0.25, 0.3) is 5.91 Å². The summed E-state index contributed by atoms with van der Waals surface area (Å²) in [5.41, 5.74) is 2.64. The van der Waals surface area contributed by atoms with Crippen LogP contribution in [0.1, 0.15) is 17.4 Å². The molecule has 0 saturated heterocycles. The van der Waals surface area contributed by atoms with Crippen molar-refractivity contribution in [3.63, 3.8) is 0 Å². The topological polar surface area (TPSA) is 94.1 Å². The van der Waals surface area contributed by atoms with Gasteiger partial charge in [0.2, 0.25) is 0 Å². The van der Waals surface area contributed by atoms with E-state index in [0.717, 1.165) is 5.56 Å². The second-order valence-electron chi connectivity index (χ2n) is 6.45. The van der Waals surface area contributed by atoms with Crippen molar-refractivity contribution in [1.29, 1.82) is 0 Å². The van der Waals surface area contributed by atoms with Crippen LogP contribution >= 0.6 is 34.5 Å². The number of esters is 1. The van der Waals surface area contributed by atoms with Crippen LogP contribution in [-0.4, -0.2) is 32.9 Å². The van der Waals surface area contributed by atoms with Crippen LogP contribution in [0, 0.1) is 0 Å². The number of nitrogens with zero attached hydrogens (tertiary/aromatic N) is 3. The van der Waals surface area contributed by atoms with Crippen LogP contribution in [0.2, 0.25) is 10.0 Å². The number of carbonyl (C=O) groups is 2. The second kappa shape index (κ2) is 8.97. The lowest BCUT2D eigenvalue weighted by atomic mass is 10.2. The molecule has 0 saturated carbocycles. The summed E-state index contributed by atoms with van der Waals surface area (Å²) >= 11 is 13.2. The summed E-state index contributed by atoms with van der Waals surface area (Å²) in [7, 11) is 0. The molecule has 0 spiro atoms. The van der Waals surface area contributed by atoms with E-state index in [2.05, 4.69) is 20.3 Å². The van der Waals surface area contributed by atoms with Crippen LogP contribution in [-0.2, 0) is 9.53 Å². The number of thiazole rings is 1. The first-order chi connectivity index (χ1) is 14.9. The van der Waals surface area contributed by atoms with Crippen LogP contribution in [0.4, 0.5) is 5.13 Å². The van der Waals surface area contributed by atoms with Crippen LogP contribution in [0.15, 0.2) is 54.0 Å². The summed E-state index contributed by atoms with van der Waals surface area (Å²) < 4.78 is 5.23. The lowest BCUT2D eigenvalue weighted by Gasteiger charge is -2.12. The molecule has 1 N–H and O–H groups in total. The lowest BCUT2D eigenvalue weighted by Crippen LogP contribution is -2.30. The molecule has 31 heavy (non-hydrogen) atoms. The van der Waals surface area contributed by atoms with E-state index in [0.29, 0.717) is 31.9 Å². The highest BCUT2D eigenvalue weighted by molar-refractivity contribution is 7.14. The number of hydrogen-bond acceptors (Lipinski definition) is 7. The fraction of sp³-hybridized carbons (Fsp3) is 0.0952. The van der Waals surface area contributed by atoms with Crippen molar-refractivity contribution in [2.75, 3.05) is 5.32 Å². The molecule has 1 unspecified atom stereocenters. The van der Waals surface area contributed by atoms with Crippen LogP contribution < -0.4 is 5.32 Å². The fourth-order valence-corrected chi connectivity index (χ4v) is 3.68. The van der Waals surface area contributed by atoms with Gasteiger partial charge in [-0.1, -0.05) is 41.4 Å². The van der Waals surface area contributed by atoms with Crippen LogP contribution in [0.3, 0.4) is 0 Å². The maximum absolute atomic E-state index is 12.4. The van der Waals surface area contributed by atoms with Crippen molar-refractivity contribution in [1.82, 2.24) is 15.0 Å². The van der Waals surface area contributed by atoms with E-state index in [1.807, 2.05) is 6.07 Å². The van der Waals surface area contributed by atoms with E-state index in [9.17, 15) is 9.59 Å². The molecule has 1 amide bonds. The summed E-state index contributed by atoms with van der Waals surface area (Å²) in [6.45, 7) is 1.47. The first-order valence-electron chi connectivity index (χ1n) is 9.05. The number of rotatable bonds is 5. The minimum atomic E-state index is -1.06. The number of carbonyl (C=O) groups excluding carboxylic acids is 2. The number of fused-ring (bicyclic) bond motifs is 1. The van der Waals surface area contributed by atoms with E-state index in [-0.39, 0.29) is 5.69 Å². The highest BCUT2D eigenvalue weighted by Crippen LogP contribution is 2.30. The molecule has 4 aromatic rings. The molecule has 0 radical (unpaired) electrons. The van der Waals surface area contributed by atoms with Crippen molar-refractivity contribution >= 4 is 62.6 Å². The van der Waals surface area contributed by atoms with Gasteiger partial charge in [-0.15, -0.1) is 11.3 Å². The smallest absolute Gasteiger partial charge is 0.359 e. The van der Waals surface area contributed by atoms with Gasteiger partial charge in [-0.3, -0.25) is 15.1 Å². The average molecular weight is 473 g/mol. The summed E-state index contributed by atoms with van der Waals surface area (Å²) in [6.07, 6.45) is 0.262. The molecule has 0 aliphatic heterocycles. The first-order valence-corrected chi connectivity index (χ1v) is 10.7. The highest BCUT2D eigenvalue weighted by atomic mass is 35.5. The van der Waals surface area contributed by atoms with Gasteiger partial charge in [0.05, 0.1) is 33.0 Å².